The molecule has 6 heteroatoms. The molecule has 1 fully saturated rings. The highest BCUT2D eigenvalue weighted by molar-refractivity contribution is 6.04. The lowest BCUT2D eigenvalue weighted by atomic mass is 10.1. The minimum Gasteiger partial charge on any atom is -0.478 e. The van der Waals surface area contributed by atoms with Gasteiger partial charge >= 0.3 is 5.97 Å². The SMILES string of the molecule is CCCc1ccc(NC(=O)c2ccc(-c3nc4cc(C(=O)O)ccc4n3C3CCCC3)cc2)cc1. The van der Waals surface area contributed by atoms with Gasteiger partial charge in [-0.3, -0.25) is 4.79 Å². The number of nitrogens with zero attached hydrogens (tertiary/aromatic N) is 2. The van der Waals surface area contributed by atoms with Gasteiger partial charge in [-0.15, -0.1) is 0 Å². The molecule has 2 N–H and O–H groups in total. The van der Waals surface area contributed by atoms with Crippen LogP contribution in [0.5, 0.6) is 0 Å². The van der Waals surface area contributed by atoms with Crippen molar-refractivity contribution in [3.05, 3.63) is 83.4 Å². The smallest absolute Gasteiger partial charge is 0.335 e. The molecule has 0 spiro atoms. The highest BCUT2D eigenvalue weighted by Crippen LogP contribution is 2.37. The molecule has 0 saturated heterocycles. The summed E-state index contributed by atoms with van der Waals surface area (Å²) in [6.07, 6.45) is 6.63. The zero-order chi connectivity index (χ0) is 24.4. The van der Waals surface area contributed by atoms with Crippen molar-refractivity contribution in [1.82, 2.24) is 9.55 Å². The Morgan fingerprint density at radius 2 is 1.66 bits per heavy atom. The molecule has 3 aromatic carbocycles. The number of carbonyl (C=O) groups is 2. The summed E-state index contributed by atoms with van der Waals surface area (Å²) >= 11 is 0. The van der Waals surface area contributed by atoms with Crippen molar-refractivity contribution in [2.45, 2.75) is 51.5 Å². The number of imidazole rings is 1. The fourth-order valence-electron chi connectivity index (χ4n) is 4.98. The van der Waals surface area contributed by atoms with Gasteiger partial charge in [0, 0.05) is 22.9 Å². The van der Waals surface area contributed by atoms with Crippen molar-refractivity contribution in [2.75, 3.05) is 5.32 Å². The maximum atomic E-state index is 12.8. The molecule has 0 radical (unpaired) electrons. The molecule has 1 saturated carbocycles. The fourth-order valence-corrected chi connectivity index (χ4v) is 4.98. The Morgan fingerprint density at radius 1 is 0.971 bits per heavy atom. The van der Waals surface area contributed by atoms with Crippen LogP contribution in [0.25, 0.3) is 22.4 Å². The Balaban J connectivity index is 1.43. The largest absolute Gasteiger partial charge is 0.478 e. The zero-order valence-electron chi connectivity index (χ0n) is 19.8. The summed E-state index contributed by atoms with van der Waals surface area (Å²) in [5.74, 6) is -0.303. The number of aryl methyl sites for hydroxylation is 1. The number of benzene rings is 3. The summed E-state index contributed by atoms with van der Waals surface area (Å²) in [6, 6.07) is 20.9. The molecule has 1 aliphatic rings. The molecule has 0 unspecified atom stereocenters. The third kappa shape index (κ3) is 4.69. The molecule has 0 bridgehead atoms. The summed E-state index contributed by atoms with van der Waals surface area (Å²) in [7, 11) is 0. The van der Waals surface area contributed by atoms with Gasteiger partial charge in [0.15, 0.2) is 0 Å². The number of hydrogen-bond donors (Lipinski definition) is 2. The predicted molar refractivity (Wildman–Crippen MR) is 138 cm³/mol. The van der Waals surface area contributed by atoms with Crippen LogP contribution in [0.3, 0.4) is 0 Å². The number of carboxylic acids is 1. The van der Waals surface area contributed by atoms with Crippen LogP contribution in [-0.4, -0.2) is 26.5 Å². The molecular weight excluding hydrogens is 438 g/mol. The standard InChI is InChI=1S/C29H29N3O3/c1-2-5-19-8-15-23(16-9-19)30-28(33)21-12-10-20(11-13-21)27-31-25-18-22(29(34)35)14-17-26(25)32(27)24-6-3-4-7-24/h8-18,24H,2-7H2,1H3,(H,30,33)(H,34,35). The third-order valence-electron chi connectivity index (χ3n) is 6.78. The van der Waals surface area contributed by atoms with Crippen LogP contribution in [0.4, 0.5) is 5.69 Å². The van der Waals surface area contributed by atoms with E-state index in [2.05, 4.69) is 16.8 Å². The van der Waals surface area contributed by atoms with Gasteiger partial charge in [-0.2, -0.15) is 0 Å². The summed E-state index contributed by atoms with van der Waals surface area (Å²) in [4.78, 5) is 29.1. The van der Waals surface area contributed by atoms with E-state index >= 15 is 0 Å². The Morgan fingerprint density at radius 3 is 2.31 bits per heavy atom. The molecule has 6 nitrogen and oxygen atoms in total. The van der Waals surface area contributed by atoms with Crippen molar-refractivity contribution in [3.63, 3.8) is 0 Å². The number of aromatic carboxylic acids is 1. The van der Waals surface area contributed by atoms with E-state index in [9.17, 15) is 14.7 Å². The van der Waals surface area contributed by atoms with E-state index in [1.807, 2.05) is 54.6 Å². The van der Waals surface area contributed by atoms with Crippen LogP contribution in [0.15, 0.2) is 66.7 Å². The van der Waals surface area contributed by atoms with Gasteiger partial charge in [0.05, 0.1) is 16.6 Å². The Labute approximate surface area is 204 Å². The highest BCUT2D eigenvalue weighted by atomic mass is 16.4. The summed E-state index contributed by atoms with van der Waals surface area (Å²) in [5.41, 5.74) is 5.38. The van der Waals surface area contributed by atoms with Crippen LogP contribution in [0.2, 0.25) is 0 Å². The minimum absolute atomic E-state index is 0.157. The Kier molecular flexibility index (Phi) is 6.36. The minimum atomic E-state index is -0.959. The lowest BCUT2D eigenvalue weighted by Crippen LogP contribution is -2.12. The van der Waals surface area contributed by atoms with E-state index < -0.39 is 5.97 Å². The third-order valence-corrected chi connectivity index (χ3v) is 6.78. The van der Waals surface area contributed by atoms with Gasteiger partial charge in [0.2, 0.25) is 0 Å². The maximum Gasteiger partial charge on any atom is 0.335 e. The summed E-state index contributed by atoms with van der Waals surface area (Å²) < 4.78 is 2.25. The first-order valence-electron chi connectivity index (χ1n) is 12.3. The number of fused-ring (bicyclic) bond motifs is 1. The number of hydrogen-bond acceptors (Lipinski definition) is 3. The van der Waals surface area contributed by atoms with E-state index in [1.165, 1.54) is 18.4 Å². The molecule has 1 heterocycles. The maximum absolute atomic E-state index is 12.8. The highest BCUT2D eigenvalue weighted by Gasteiger charge is 2.24. The number of carbonyl (C=O) groups excluding carboxylic acids is 1. The van der Waals surface area contributed by atoms with Gasteiger partial charge in [0.25, 0.3) is 5.91 Å². The fraction of sp³-hybridized carbons (Fsp3) is 0.276. The van der Waals surface area contributed by atoms with E-state index in [-0.39, 0.29) is 11.5 Å². The van der Waals surface area contributed by atoms with E-state index in [0.717, 1.165) is 48.3 Å². The van der Waals surface area contributed by atoms with Gasteiger partial charge in [0.1, 0.15) is 5.82 Å². The summed E-state index contributed by atoms with van der Waals surface area (Å²) in [5, 5.41) is 12.4. The number of aromatic nitrogens is 2. The van der Waals surface area contributed by atoms with Crippen LogP contribution >= 0.6 is 0 Å². The molecule has 1 amide bonds. The molecule has 5 rings (SSSR count). The second-order valence-electron chi connectivity index (χ2n) is 9.23. The lowest BCUT2D eigenvalue weighted by molar-refractivity contribution is 0.0696. The van der Waals surface area contributed by atoms with Crippen molar-refractivity contribution in [1.29, 1.82) is 0 Å². The summed E-state index contributed by atoms with van der Waals surface area (Å²) in [6.45, 7) is 2.15. The first-order valence-corrected chi connectivity index (χ1v) is 12.3. The van der Waals surface area contributed by atoms with E-state index in [1.54, 1.807) is 12.1 Å². The lowest BCUT2D eigenvalue weighted by Gasteiger charge is -2.17. The van der Waals surface area contributed by atoms with Crippen LogP contribution in [0, 0.1) is 0 Å². The van der Waals surface area contributed by atoms with Crippen molar-refractivity contribution in [3.8, 4) is 11.4 Å². The molecule has 4 aromatic rings. The molecule has 35 heavy (non-hydrogen) atoms. The Hall–Kier alpha value is -3.93. The number of nitrogens with one attached hydrogen (secondary N) is 1. The molecular formula is C29H29N3O3. The number of anilines is 1. The van der Waals surface area contributed by atoms with E-state index in [4.69, 9.17) is 4.98 Å². The molecule has 178 valence electrons. The van der Waals surface area contributed by atoms with Crippen molar-refractivity contribution < 1.29 is 14.7 Å². The van der Waals surface area contributed by atoms with Crippen LogP contribution < -0.4 is 5.32 Å². The normalized spacial score (nSPS) is 13.9. The van der Waals surface area contributed by atoms with Gasteiger partial charge in [-0.05, 0) is 67.3 Å². The second kappa shape index (κ2) is 9.74. The predicted octanol–water partition coefficient (Wildman–Crippen LogP) is 6.72. The topological polar surface area (TPSA) is 84.2 Å². The second-order valence-corrected chi connectivity index (χ2v) is 9.23. The van der Waals surface area contributed by atoms with Crippen LogP contribution in [0.1, 0.15) is 71.3 Å². The zero-order valence-corrected chi connectivity index (χ0v) is 19.8. The number of carboxylic acid groups (broad SMARTS) is 1. The monoisotopic (exact) mass is 467 g/mol. The van der Waals surface area contributed by atoms with Crippen LogP contribution in [-0.2, 0) is 6.42 Å². The average Bonchev–Trinajstić information content (AvgIpc) is 3.52. The van der Waals surface area contributed by atoms with Crippen molar-refractivity contribution in [2.24, 2.45) is 0 Å². The van der Waals surface area contributed by atoms with E-state index in [0.29, 0.717) is 17.1 Å². The molecule has 0 aliphatic heterocycles. The quantitative estimate of drug-likeness (QED) is 0.316. The van der Waals surface area contributed by atoms with Crippen molar-refractivity contribution >= 4 is 28.6 Å². The number of rotatable bonds is 7. The number of amides is 1. The molecule has 0 atom stereocenters. The first kappa shape index (κ1) is 22.8. The average molecular weight is 468 g/mol. The van der Waals surface area contributed by atoms with Gasteiger partial charge in [-0.25, -0.2) is 9.78 Å². The Bertz CT molecular complexity index is 1370. The van der Waals surface area contributed by atoms with Gasteiger partial charge in [-0.1, -0.05) is 50.5 Å². The first-order chi connectivity index (χ1) is 17.0. The molecule has 1 aromatic heterocycles. The van der Waals surface area contributed by atoms with Gasteiger partial charge < -0.3 is 15.0 Å². The molecule has 1 aliphatic carbocycles.